The Hall–Kier alpha value is -3.67. The highest BCUT2D eigenvalue weighted by Gasteiger charge is 2.31. The molecule has 0 radical (unpaired) electrons. The van der Waals surface area contributed by atoms with Gasteiger partial charge in [0, 0.05) is 5.02 Å². The number of nitrogens with zero attached hydrogens (tertiary/aromatic N) is 1. The predicted octanol–water partition coefficient (Wildman–Crippen LogP) is 7.15. The molecule has 0 saturated heterocycles. The van der Waals surface area contributed by atoms with Crippen LogP contribution in [0.25, 0.3) is 6.08 Å². The van der Waals surface area contributed by atoms with Crippen LogP contribution in [0.1, 0.15) is 16.7 Å². The van der Waals surface area contributed by atoms with Crippen molar-refractivity contribution in [1.29, 1.82) is 5.26 Å². The smallest absolute Gasteiger partial charge is 0.416 e. The molecule has 0 atom stereocenters. The van der Waals surface area contributed by atoms with Crippen LogP contribution in [-0.4, -0.2) is 13.0 Å². The van der Waals surface area contributed by atoms with Gasteiger partial charge in [-0.1, -0.05) is 41.4 Å². The number of ether oxygens (including phenoxy) is 2. The highest BCUT2D eigenvalue weighted by Crippen LogP contribution is 2.34. The molecular formula is C25H17Cl2F3N2O3. The fourth-order valence-corrected chi connectivity index (χ4v) is 3.23. The van der Waals surface area contributed by atoms with E-state index < -0.39 is 17.6 Å². The van der Waals surface area contributed by atoms with Crippen LogP contribution in [0.2, 0.25) is 10.0 Å². The normalized spacial score (nSPS) is 11.5. The molecule has 3 rings (SSSR count). The Morgan fingerprint density at radius 1 is 1.06 bits per heavy atom. The molecule has 0 fully saturated rings. The van der Waals surface area contributed by atoms with Gasteiger partial charge < -0.3 is 14.8 Å². The minimum Gasteiger partial charge on any atom is -0.493 e. The molecule has 0 saturated carbocycles. The van der Waals surface area contributed by atoms with Crippen LogP contribution >= 0.6 is 23.2 Å². The van der Waals surface area contributed by atoms with Crippen molar-refractivity contribution in [2.45, 2.75) is 12.8 Å². The maximum Gasteiger partial charge on any atom is 0.416 e. The number of alkyl halides is 3. The lowest BCUT2D eigenvalue weighted by molar-refractivity contribution is -0.137. The average molecular weight is 521 g/mol. The maximum atomic E-state index is 13.0. The zero-order valence-electron chi connectivity index (χ0n) is 18.1. The number of rotatable bonds is 7. The summed E-state index contributed by atoms with van der Waals surface area (Å²) in [6, 6.07) is 16.1. The zero-order valence-corrected chi connectivity index (χ0v) is 19.6. The van der Waals surface area contributed by atoms with E-state index in [-0.39, 0.29) is 22.9 Å². The van der Waals surface area contributed by atoms with Gasteiger partial charge in [0.15, 0.2) is 11.5 Å². The standard InChI is InChI=1S/C25H17Cl2F3N2O3/c1-34-22-9-4-16(11-23(22)35-14-15-2-6-19(26)7-3-15)10-17(13-31)24(33)32-21-12-18(25(28,29)30)5-8-20(21)27/h2-12H,14H2,1H3,(H,32,33)/b17-10+. The van der Waals surface area contributed by atoms with Gasteiger partial charge in [0.05, 0.1) is 23.4 Å². The summed E-state index contributed by atoms with van der Waals surface area (Å²) >= 11 is 11.8. The fraction of sp³-hybridized carbons (Fsp3) is 0.120. The molecule has 0 aliphatic rings. The molecule has 10 heteroatoms. The number of methoxy groups -OCH3 is 1. The minimum atomic E-state index is -4.62. The van der Waals surface area contributed by atoms with E-state index in [0.29, 0.717) is 28.2 Å². The molecule has 180 valence electrons. The highest BCUT2D eigenvalue weighted by molar-refractivity contribution is 6.34. The summed E-state index contributed by atoms with van der Waals surface area (Å²) < 4.78 is 50.1. The number of anilines is 1. The van der Waals surface area contributed by atoms with E-state index in [0.717, 1.165) is 17.7 Å². The molecule has 0 heterocycles. The van der Waals surface area contributed by atoms with Gasteiger partial charge in [-0.15, -0.1) is 0 Å². The van der Waals surface area contributed by atoms with Gasteiger partial charge >= 0.3 is 6.18 Å². The van der Waals surface area contributed by atoms with Gasteiger partial charge in [0.25, 0.3) is 5.91 Å². The summed E-state index contributed by atoms with van der Waals surface area (Å²) in [6.45, 7) is 0.209. The lowest BCUT2D eigenvalue weighted by Crippen LogP contribution is -2.15. The highest BCUT2D eigenvalue weighted by atomic mass is 35.5. The fourth-order valence-electron chi connectivity index (χ4n) is 2.94. The van der Waals surface area contributed by atoms with E-state index >= 15 is 0 Å². The first-order valence-electron chi connectivity index (χ1n) is 9.96. The number of carbonyl (C=O) groups excluding carboxylic acids is 1. The Morgan fingerprint density at radius 2 is 1.77 bits per heavy atom. The average Bonchev–Trinajstić information content (AvgIpc) is 2.82. The van der Waals surface area contributed by atoms with E-state index in [1.165, 1.54) is 13.2 Å². The van der Waals surface area contributed by atoms with Crippen molar-refractivity contribution in [2.24, 2.45) is 0 Å². The SMILES string of the molecule is COc1ccc(/C=C(\C#N)C(=O)Nc2cc(C(F)(F)F)ccc2Cl)cc1OCc1ccc(Cl)cc1. The molecule has 0 aliphatic carbocycles. The van der Waals surface area contributed by atoms with Gasteiger partial charge in [-0.05, 0) is 59.7 Å². The molecule has 1 amide bonds. The summed E-state index contributed by atoms with van der Waals surface area (Å²) in [5.41, 5.74) is -0.329. The van der Waals surface area contributed by atoms with E-state index in [1.54, 1.807) is 48.5 Å². The van der Waals surface area contributed by atoms with E-state index in [2.05, 4.69) is 5.32 Å². The second kappa shape index (κ2) is 11.2. The van der Waals surface area contributed by atoms with Gasteiger partial charge in [-0.25, -0.2) is 0 Å². The minimum absolute atomic E-state index is 0.106. The van der Waals surface area contributed by atoms with Crippen molar-refractivity contribution in [2.75, 3.05) is 12.4 Å². The van der Waals surface area contributed by atoms with Crippen molar-refractivity contribution in [3.63, 3.8) is 0 Å². The number of nitrogens with one attached hydrogen (secondary N) is 1. The lowest BCUT2D eigenvalue weighted by Gasteiger charge is -2.12. The van der Waals surface area contributed by atoms with Crippen molar-refractivity contribution in [3.05, 3.63) is 93.0 Å². The first-order chi connectivity index (χ1) is 16.6. The zero-order chi connectivity index (χ0) is 25.6. The van der Waals surface area contributed by atoms with Crippen LogP contribution in [0.15, 0.2) is 66.2 Å². The largest absolute Gasteiger partial charge is 0.493 e. The molecule has 0 spiro atoms. The molecule has 0 bridgehead atoms. The third kappa shape index (κ3) is 6.92. The van der Waals surface area contributed by atoms with Crippen molar-refractivity contribution < 1.29 is 27.4 Å². The van der Waals surface area contributed by atoms with Crippen LogP contribution < -0.4 is 14.8 Å². The van der Waals surface area contributed by atoms with E-state index in [9.17, 15) is 23.2 Å². The number of amides is 1. The first-order valence-corrected chi connectivity index (χ1v) is 10.7. The molecule has 0 aromatic heterocycles. The number of hydrogen-bond donors (Lipinski definition) is 1. The van der Waals surface area contributed by atoms with Crippen molar-refractivity contribution in [1.82, 2.24) is 0 Å². The van der Waals surface area contributed by atoms with Gasteiger partial charge in [0.1, 0.15) is 18.2 Å². The molecule has 0 unspecified atom stereocenters. The Bertz CT molecular complexity index is 1300. The molecule has 3 aromatic rings. The number of carbonyl (C=O) groups is 1. The topological polar surface area (TPSA) is 71.3 Å². The van der Waals surface area contributed by atoms with Crippen LogP contribution in [0.5, 0.6) is 11.5 Å². The molecular weight excluding hydrogens is 504 g/mol. The number of hydrogen-bond acceptors (Lipinski definition) is 4. The summed E-state index contributed by atoms with van der Waals surface area (Å²) in [6.07, 6.45) is -3.35. The molecule has 5 nitrogen and oxygen atoms in total. The lowest BCUT2D eigenvalue weighted by atomic mass is 10.1. The first kappa shape index (κ1) is 25.9. The van der Waals surface area contributed by atoms with Crippen molar-refractivity contribution >= 4 is 40.9 Å². The number of halogens is 5. The van der Waals surface area contributed by atoms with E-state index in [4.69, 9.17) is 32.7 Å². The summed E-state index contributed by atoms with van der Waals surface area (Å²) in [5, 5.41) is 12.2. The Balaban J connectivity index is 1.82. The molecule has 0 aliphatic heterocycles. The molecule has 3 aromatic carbocycles. The summed E-state index contributed by atoms with van der Waals surface area (Å²) in [7, 11) is 1.47. The van der Waals surface area contributed by atoms with Crippen LogP contribution in [0.3, 0.4) is 0 Å². The van der Waals surface area contributed by atoms with Gasteiger partial charge in [-0.3, -0.25) is 4.79 Å². The maximum absolute atomic E-state index is 13.0. The Morgan fingerprint density at radius 3 is 2.40 bits per heavy atom. The number of benzene rings is 3. The third-order valence-electron chi connectivity index (χ3n) is 4.71. The molecule has 1 N–H and O–H groups in total. The third-order valence-corrected chi connectivity index (χ3v) is 5.29. The second-order valence-corrected chi connectivity index (χ2v) is 7.99. The molecule has 35 heavy (non-hydrogen) atoms. The Kier molecular flexibility index (Phi) is 8.28. The predicted molar refractivity (Wildman–Crippen MR) is 127 cm³/mol. The summed E-state index contributed by atoms with van der Waals surface area (Å²) in [4.78, 5) is 12.6. The monoisotopic (exact) mass is 520 g/mol. The Labute approximate surface area is 209 Å². The van der Waals surface area contributed by atoms with Crippen LogP contribution in [-0.2, 0) is 17.6 Å². The van der Waals surface area contributed by atoms with Gasteiger partial charge in [-0.2, -0.15) is 18.4 Å². The number of nitriles is 1. The van der Waals surface area contributed by atoms with E-state index in [1.807, 2.05) is 0 Å². The van der Waals surface area contributed by atoms with Gasteiger partial charge in [0.2, 0.25) is 0 Å². The second-order valence-electron chi connectivity index (χ2n) is 7.14. The quantitative estimate of drug-likeness (QED) is 0.265. The van der Waals surface area contributed by atoms with Crippen molar-refractivity contribution in [3.8, 4) is 17.6 Å². The summed E-state index contributed by atoms with van der Waals surface area (Å²) in [5.74, 6) is -0.141. The van der Waals surface area contributed by atoms with Crippen LogP contribution in [0.4, 0.5) is 18.9 Å². The van der Waals surface area contributed by atoms with Crippen LogP contribution in [0, 0.1) is 11.3 Å².